The van der Waals surface area contributed by atoms with Crippen LogP contribution in [0.4, 0.5) is 0 Å². The summed E-state index contributed by atoms with van der Waals surface area (Å²) in [6.07, 6.45) is 2.16. The van der Waals surface area contributed by atoms with E-state index in [1.54, 1.807) is 0 Å². The molecule has 18 heavy (non-hydrogen) atoms. The van der Waals surface area contributed by atoms with Crippen LogP contribution in [0, 0.1) is 3.57 Å². The van der Waals surface area contributed by atoms with E-state index in [4.69, 9.17) is 4.74 Å². The first-order chi connectivity index (χ1) is 8.74. The number of halogens is 1. The molecule has 0 aliphatic carbocycles. The number of ether oxygens (including phenoxy) is 1. The van der Waals surface area contributed by atoms with Crippen molar-refractivity contribution in [2.24, 2.45) is 0 Å². The first-order valence-corrected chi connectivity index (χ1v) is 7.20. The molecule has 1 heterocycles. The number of nitrogens with one attached hydrogen (secondary N) is 2. The Morgan fingerprint density at radius 2 is 2.22 bits per heavy atom. The number of piperidine rings is 1. The third kappa shape index (κ3) is 4.45. The van der Waals surface area contributed by atoms with Crippen molar-refractivity contribution in [3.05, 3.63) is 27.8 Å². The fraction of sp³-hybridized carbons (Fsp3) is 0.462. The van der Waals surface area contributed by atoms with Crippen molar-refractivity contribution in [2.45, 2.75) is 18.9 Å². The molecule has 98 valence electrons. The van der Waals surface area contributed by atoms with E-state index in [-0.39, 0.29) is 18.6 Å². The quantitative estimate of drug-likeness (QED) is 0.801. The normalized spacial score (nSPS) is 19.3. The lowest BCUT2D eigenvalue weighted by Crippen LogP contribution is -2.46. The zero-order chi connectivity index (χ0) is 12.8. The van der Waals surface area contributed by atoms with Crippen LogP contribution < -0.4 is 15.4 Å². The summed E-state index contributed by atoms with van der Waals surface area (Å²) in [7, 11) is 0. The van der Waals surface area contributed by atoms with Gasteiger partial charge in [-0.25, -0.2) is 0 Å². The van der Waals surface area contributed by atoms with Crippen LogP contribution in [-0.4, -0.2) is 31.6 Å². The van der Waals surface area contributed by atoms with Crippen LogP contribution in [0.5, 0.6) is 5.75 Å². The Morgan fingerprint density at radius 1 is 1.44 bits per heavy atom. The van der Waals surface area contributed by atoms with Crippen molar-refractivity contribution >= 4 is 28.5 Å². The van der Waals surface area contributed by atoms with E-state index in [9.17, 15) is 4.79 Å². The number of benzene rings is 1. The minimum Gasteiger partial charge on any atom is -0.484 e. The molecule has 1 aliphatic rings. The molecule has 0 spiro atoms. The molecule has 0 saturated carbocycles. The molecule has 1 aromatic carbocycles. The van der Waals surface area contributed by atoms with Crippen LogP contribution in [-0.2, 0) is 4.79 Å². The number of rotatable bonds is 4. The zero-order valence-corrected chi connectivity index (χ0v) is 12.3. The van der Waals surface area contributed by atoms with Gasteiger partial charge in [0.2, 0.25) is 0 Å². The van der Waals surface area contributed by atoms with Crippen molar-refractivity contribution < 1.29 is 9.53 Å². The van der Waals surface area contributed by atoms with Gasteiger partial charge in [-0.05, 0) is 66.2 Å². The van der Waals surface area contributed by atoms with Gasteiger partial charge >= 0.3 is 0 Å². The fourth-order valence-corrected chi connectivity index (χ4v) is 2.28. The van der Waals surface area contributed by atoms with Crippen LogP contribution in [0.2, 0.25) is 0 Å². The van der Waals surface area contributed by atoms with E-state index in [1.165, 1.54) is 0 Å². The summed E-state index contributed by atoms with van der Waals surface area (Å²) in [4.78, 5) is 11.7. The van der Waals surface area contributed by atoms with Gasteiger partial charge in [-0.2, -0.15) is 0 Å². The smallest absolute Gasteiger partial charge is 0.258 e. The van der Waals surface area contributed by atoms with E-state index < -0.39 is 0 Å². The highest BCUT2D eigenvalue weighted by molar-refractivity contribution is 14.1. The van der Waals surface area contributed by atoms with Gasteiger partial charge in [-0.15, -0.1) is 0 Å². The van der Waals surface area contributed by atoms with E-state index >= 15 is 0 Å². The highest BCUT2D eigenvalue weighted by Crippen LogP contribution is 2.13. The van der Waals surface area contributed by atoms with Gasteiger partial charge in [0.05, 0.1) is 0 Å². The Balaban J connectivity index is 1.72. The van der Waals surface area contributed by atoms with Gasteiger partial charge in [0, 0.05) is 16.2 Å². The second-order valence-corrected chi connectivity index (χ2v) is 5.60. The van der Waals surface area contributed by atoms with Crippen LogP contribution in [0.25, 0.3) is 0 Å². The molecule has 0 bridgehead atoms. The molecule has 1 saturated heterocycles. The Kier molecular flexibility index (Phi) is 5.25. The molecular weight excluding hydrogens is 343 g/mol. The molecule has 4 nitrogen and oxygen atoms in total. The van der Waals surface area contributed by atoms with Gasteiger partial charge < -0.3 is 15.4 Å². The SMILES string of the molecule is O=C(COc1ccc(I)cc1)N[C@H]1CCCNC1. The molecule has 1 amide bonds. The highest BCUT2D eigenvalue weighted by Gasteiger charge is 2.15. The van der Waals surface area contributed by atoms with Crippen LogP contribution >= 0.6 is 22.6 Å². The maximum Gasteiger partial charge on any atom is 0.258 e. The summed E-state index contributed by atoms with van der Waals surface area (Å²) in [6, 6.07) is 7.90. The Labute approximate surface area is 121 Å². The van der Waals surface area contributed by atoms with E-state index in [2.05, 4.69) is 33.2 Å². The average molecular weight is 360 g/mol. The maximum absolute atomic E-state index is 11.7. The monoisotopic (exact) mass is 360 g/mol. The van der Waals surface area contributed by atoms with Crippen molar-refractivity contribution in [1.29, 1.82) is 0 Å². The molecule has 1 atom stereocenters. The summed E-state index contributed by atoms with van der Waals surface area (Å²) in [5.41, 5.74) is 0. The molecule has 1 aromatic rings. The van der Waals surface area contributed by atoms with E-state index in [0.29, 0.717) is 0 Å². The van der Waals surface area contributed by atoms with Crippen molar-refractivity contribution in [3.8, 4) is 5.75 Å². The summed E-state index contributed by atoms with van der Waals surface area (Å²) >= 11 is 2.23. The average Bonchev–Trinajstić information content (AvgIpc) is 2.39. The van der Waals surface area contributed by atoms with Crippen LogP contribution in [0.15, 0.2) is 24.3 Å². The molecule has 0 radical (unpaired) electrons. The zero-order valence-electron chi connectivity index (χ0n) is 10.1. The maximum atomic E-state index is 11.7. The molecule has 1 fully saturated rings. The lowest BCUT2D eigenvalue weighted by atomic mass is 10.1. The molecule has 5 heteroatoms. The topological polar surface area (TPSA) is 50.4 Å². The van der Waals surface area contributed by atoms with E-state index in [0.717, 1.165) is 35.3 Å². The number of amides is 1. The summed E-state index contributed by atoms with van der Waals surface area (Å²) in [6.45, 7) is 1.98. The second kappa shape index (κ2) is 6.94. The van der Waals surface area contributed by atoms with Crippen LogP contribution in [0.1, 0.15) is 12.8 Å². The largest absolute Gasteiger partial charge is 0.484 e. The third-order valence-electron chi connectivity index (χ3n) is 2.85. The molecule has 1 aliphatic heterocycles. The van der Waals surface area contributed by atoms with Gasteiger partial charge in [0.15, 0.2) is 6.61 Å². The van der Waals surface area contributed by atoms with Gasteiger partial charge in [0.1, 0.15) is 5.75 Å². The number of hydrogen-bond acceptors (Lipinski definition) is 3. The van der Waals surface area contributed by atoms with Crippen molar-refractivity contribution in [3.63, 3.8) is 0 Å². The Bertz CT molecular complexity index is 388. The molecule has 2 rings (SSSR count). The number of hydrogen-bond donors (Lipinski definition) is 2. The molecule has 2 N–H and O–H groups in total. The first kappa shape index (κ1) is 13.6. The molecule has 0 aromatic heterocycles. The Hall–Kier alpha value is -0.820. The fourth-order valence-electron chi connectivity index (χ4n) is 1.92. The summed E-state index contributed by atoms with van der Waals surface area (Å²) < 4.78 is 6.58. The summed E-state index contributed by atoms with van der Waals surface area (Å²) in [5, 5.41) is 6.24. The minimum atomic E-state index is -0.0535. The Morgan fingerprint density at radius 3 is 2.89 bits per heavy atom. The highest BCUT2D eigenvalue weighted by atomic mass is 127. The van der Waals surface area contributed by atoms with Gasteiger partial charge in [-0.3, -0.25) is 4.79 Å². The molecule has 0 unspecified atom stereocenters. The van der Waals surface area contributed by atoms with Crippen molar-refractivity contribution in [2.75, 3.05) is 19.7 Å². The first-order valence-electron chi connectivity index (χ1n) is 6.12. The van der Waals surface area contributed by atoms with Crippen molar-refractivity contribution in [1.82, 2.24) is 10.6 Å². The predicted octanol–water partition coefficient (Wildman–Crippen LogP) is 1.54. The predicted molar refractivity (Wildman–Crippen MR) is 78.7 cm³/mol. The summed E-state index contributed by atoms with van der Waals surface area (Å²) in [5.74, 6) is 0.676. The number of carbonyl (C=O) groups excluding carboxylic acids is 1. The standard InChI is InChI=1S/C13H17IN2O2/c14-10-3-5-12(6-4-10)18-9-13(17)16-11-2-1-7-15-8-11/h3-6,11,15H,1-2,7-9H2,(H,16,17)/t11-/m0/s1. The third-order valence-corrected chi connectivity index (χ3v) is 3.56. The van der Waals surface area contributed by atoms with Gasteiger partial charge in [-0.1, -0.05) is 0 Å². The lowest BCUT2D eigenvalue weighted by molar-refractivity contribution is -0.123. The minimum absolute atomic E-state index is 0.0535. The van der Waals surface area contributed by atoms with Gasteiger partial charge in [0.25, 0.3) is 5.91 Å². The second-order valence-electron chi connectivity index (χ2n) is 4.35. The lowest BCUT2D eigenvalue weighted by Gasteiger charge is -2.23. The van der Waals surface area contributed by atoms with E-state index in [1.807, 2.05) is 24.3 Å². The molecular formula is C13H17IN2O2. The number of carbonyl (C=O) groups is 1. The van der Waals surface area contributed by atoms with Crippen LogP contribution in [0.3, 0.4) is 0 Å².